The Balaban J connectivity index is 3.02. The fourth-order valence-corrected chi connectivity index (χ4v) is 1.80. The van der Waals surface area contributed by atoms with Crippen molar-refractivity contribution in [2.75, 3.05) is 24.7 Å². The first kappa shape index (κ1) is 12.3. The van der Waals surface area contributed by atoms with Crippen molar-refractivity contribution in [3.8, 4) is 0 Å². The summed E-state index contributed by atoms with van der Waals surface area (Å²) in [7, 11) is 0. The number of aliphatic hydroxyl groups excluding tert-OH is 1. The Morgan fingerprint density at radius 2 is 2.17 bits per heavy atom. The highest BCUT2D eigenvalue weighted by atomic mass is 32.2. The molecule has 12 heavy (non-hydrogen) atoms. The average molecular weight is 192 g/mol. The Bertz CT molecular complexity index is 88.6. The zero-order chi connectivity index (χ0) is 9.23. The van der Waals surface area contributed by atoms with Gasteiger partial charge in [0.15, 0.2) is 0 Å². The Morgan fingerprint density at radius 3 is 2.75 bits per heavy atom. The van der Waals surface area contributed by atoms with Gasteiger partial charge in [-0.15, -0.1) is 0 Å². The summed E-state index contributed by atoms with van der Waals surface area (Å²) in [5.74, 6) is 1.96. The molecule has 0 saturated heterocycles. The molecule has 74 valence electrons. The summed E-state index contributed by atoms with van der Waals surface area (Å²) in [6, 6.07) is 0. The van der Waals surface area contributed by atoms with Crippen molar-refractivity contribution >= 4 is 11.8 Å². The van der Waals surface area contributed by atoms with E-state index in [0.29, 0.717) is 13.2 Å². The minimum Gasteiger partial charge on any atom is -0.390 e. The standard InChI is InChI=1S/C9H20O2S/c1-3-5-6-12-8-9(10)7-11-4-2/h9-10H,3-8H2,1-2H3/t9-/m0/s1. The summed E-state index contributed by atoms with van der Waals surface area (Å²) in [5, 5.41) is 9.33. The van der Waals surface area contributed by atoms with Crippen LogP contribution in [0.25, 0.3) is 0 Å². The number of unbranched alkanes of at least 4 members (excludes halogenated alkanes) is 1. The van der Waals surface area contributed by atoms with E-state index in [9.17, 15) is 5.11 Å². The number of aliphatic hydroxyl groups is 1. The normalized spacial score (nSPS) is 13.2. The monoisotopic (exact) mass is 192 g/mol. The third-order valence-electron chi connectivity index (χ3n) is 1.47. The molecule has 0 unspecified atom stereocenters. The molecule has 0 fully saturated rings. The lowest BCUT2D eigenvalue weighted by molar-refractivity contribution is 0.0551. The maximum atomic E-state index is 9.33. The van der Waals surface area contributed by atoms with Crippen LogP contribution in [0.5, 0.6) is 0 Å². The lowest BCUT2D eigenvalue weighted by Crippen LogP contribution is -2.18. The Hall–Kier alpha value is 0.270. The highest BCUT2D eigenvalue weighted by Gasteiger charge is 2.02. The van der Waals surface area contributed by atoms with Crippen LogP contribution in [0.2, 0.25) is 0 Å². The second-order valence-electron chi connectivity index (χ2n) is 2.74. The molecular formula is C9H20O2S. The quantitative estimate of drug-likeness (QED) is 0.596. The summed E-state index contributed by atoms with van der Waals surface area (Å²) in [5.41, 5.74) is 0. The van der Waals surface area contributed by atoms with Crippen LogP contribution in [0.3, 0.4) is 0 Å². The van der Waals surface area contributed by atoms with Crippen molar-refractivity contribution in [2.45, 2.75) is 32.8 Å². The van der Waals surface area contributed by atoms with E-state index in [1.807, 2.05) is 6.92 Å². The summed E-state index contributed by atoms with van der Waals surface area (Å²) < 4.78 is 5.09. The first-order valence-electron chi connectivity index (χ1n) is 4.64. The molecule has 0 heterocycles. The molecule has 1 N–H and O–H groups in total. The van der Waals surface area contributed by atoms with E-state index >= 15 is 0 Å². The van der Waals surface area contributed by atoms with Gasteiger partial charge in [0.1, 0.15) is 0 Å². The first-order valence-corrected chi connectivity index (χ1v) is 5.80. The lowest BCUT2D eigenvalue weighted by atomic mass is 10.4. The molecule has 0 bridgehead atoms. The minimum atomic E-state index is -0.285. The van der Waals surface area contributed by atoms with Crippen LogP contribution in [0, 0.1) is 0 Å². The smallest absolute Gasteiger partial charge is 0.0863 e. The van der Waals surface area contributed by atoms with E-state index in [1.54, 1.807) is 11.8 Å². The van der Waals surface area contributed by atoms with E-state index in [-0.39, 0.29) is 6.10 Å². The second kappa shape index (κ2) is 9.36. The van der Waals surface area contributed by atoms with Crippen LogP contribution in [-0.4, -0.2) is 35.9 Å². The van der Waals surface area contributed by atoms with Gasteiger partial charge in [-0.05, 0) is 19.1 Å². The molecule has 2 nitrogen and oxygen atoms in total. The summed E-state index contributed by atoms with van der Waals surface area (Å²) in [6.07, 6.45) is 2.19. The van der Waals surface area contributed by atoms with Crippen molar-refractivity contribution in [3.05, 3.63) is 0 Å². The summed E-state index contributed by atoms with van der Waals surface area (Å²) in [6.45, 7) is 5.29. The van der Waals surface area contributed by atoms with Crippen LogP contribution in [-0.2, 0) is 4.74 Å². The number of ether oxygens (including phenoxy) is 1. The Morgan fingerprint density at radius 1 is 1.42 bits per heavy atom. The van der Waals surface area contributed by atoms with Gasteiger partial charge in [-0.2, -0.15) is 11.8 Å². The Labute approximate surface area is 79.7 Å². The summed E-state index contributed by atoms with van der Waals surface area (Å²) in [4.78, 5) is 0. The second-order valence-corrected chi connectivity index (χ2v) is 3.89. The zero-order valence-electron chi connectivity index (χ0n) is 8.08. The van der Waals surface area contributed by atoms with Crippen molar-refractivity contribution in [3.63, 3.8) is 0 Å². The zero-order valence-corrected chi connectivity index (χ0v) is 8.90. The van der Waals surface area contributed by atoms with Gasteiger partial charge in [-0.25, -0.2) is 0 Å². The third-order valence-corrected chi connectivity index (χ3v) is 2.66. The van der Waals surface area contributed by atoms with Crippen LogP contribution in [0.4, 0.5) is 0 Å². The average Bonchev–Trinajstić information content (AvgIpc) is 2.09. The predicted molar refractivity (Wildman–Crippen MR) is 54.7 cm³/mol. The molecule has 0 aromatic rings. The van der Waals surface area contributed by atoms with Crippen LogP contribution < -0.4 is 0 Å². The lowest BCUT2D eigenvalue weighted by Gasteiger charge is -2.09. The van der Waals surface area contributed by atoms with Crippen LogP contribution in [0.15, 0.2) is 0 Å². The van der Waals surface area contributed by atoms with E-state index in [0.717, 1.165) is 11.5 Å². The fraction of sp³-hybridized carbons (Fsp3) is 1.00. The van der Waals surface area contributed by atoms with Crippen LogP contribution >= 0.6 is 11.8 Å². The van der Waals surface area contributed by atoms with Gasteiger partial charge in [0.25, 0.3) is 0 Å². The number of rotatable bonds is 8. The molecule has 0 saturated carbocycles. The maximum absolute atomic E-state index is 9.33. The van der Waals surface area contributed by atoms with Gasteiger partial charge in [0.05, 0.1) is 12.7 Å². The molecule has 0 rings (SSSR count). The SMILES string of the molecule is CCCCSC[C@@H](O)COCC. The van der Waals surface area contributed by atoms with Gasteiger partial charge in [-0.1, -0.05) is 13.3 Å². The first-order chi connectivity index (χ1) is 5.81. The van der Waals surface area contributed by atoms with E-state index in [1.165, 1.54) is 12.8 Å². The number of hydrogen-bond acceptors (Lipinski definition) is 3. The van der Waals surface area contributed by atoms with Gasteiger partial charge in [0, 0.05) is 12.4 Å². The van der Waals surface area contributed by atoms with E-state index in [4.69, 9.17) is 4.74 Å². The van der Waals surface area contributed by atoms with Gasteiger partial charge >= 0.3 is 0 Å². The van der Waals surface area contributed by atoms with Crippen LogP contribution in [0.1, 0.15) is 26.7 Å². The van der Waals surface area contributed by atoms with Gasteiger partial charge in [-0.3, -0.25) is 0 Å². The number of thioether (sulfide) groups is 1. The van der Waals surface area contributed by atoms with E-state index < -0.39 is 0 Å². The van der Waals surface area contributed by atoms with Crippen molar-refractivity contribution in [1.82, 2.24) is 0 Å². The minimum absolute atomic E-state index is 0.285. The molecule has 0 aromatic heterocycles. The molecule has 0 spiro atoms. The van der Waals surface area contributed by atoms with E-state index in [2.05, 4.69) is 6.92 Å². The molecule has 1 atom stereocenters. The Kier molecular flexibility index (Phi) is 9.57. The molecule has 0 radical (unpaired) electrons. The number of hydrogen-bond donors (Lipinski definition) is 1. The van der Waals surface area contributed by atoms with Crippen molar-refractivity contribution in [1.29, 1.82) is 0 Å². The topological polar surface area (TPSA) is 29.5 Å². The molecular weight excluding hydrogens is 172 g/mol. The fourth-order valence-electron chi connectivity index (χ4n) is 0.768. The molecule has 0 aromatic carbocycles. The molecule has 0 aliphatic rings. The molecule has 0 amide bonds. The van der Waals surface area contributed by atoms with Gasteiger partial charge < -0.3 is 9.84 Å². The predicted octanol–water partition coefficient (Wildman–Crippen LogP) is 1.92. The molecule has 0 aliphatic carbocycles. The summed E-state index contributed by atoms with van der Waals surface area (Å²) >= 11 is 1.81. The van der Waals surface area contributed by atoms with Crippen molar-refractivity contribution in [2.24, 2.45) is 0 Å². The maximum Gasteiger partial charge on any atom is 0.0863 e. The largest absolute Gasteiger partial charge is 0.390 e. The molecule has 0 aliphatic heterocycles. The van der Waals surface area contributed by atoms with Gasteiger partial charge in [0.2, 0.25) is 0 Å². The highest BCUT2D eigenvalue weighted by molar-refractivity contribution is 7.99. The highest BCUT2D eigenvalue weighted by Crippen LogP contribution is 2.06. The molecule has 3 heteroatoms. The van der Waals surface area contributed by atoms with Crippen molar-refractivity contribution < 1.29 is 9.84 Å². The third kappa shape index (κ3) is 8.37.